The molecule has 2 aromatic heterocycles. The number of hydrogen-bond donors (Lipinski definition) is 1. The lowest BCUT2D eigenvalue weighted by molar-refractivity contribution is 0.364. The molecular weight excluding hydrogens is 442 g/mol. The van der Waals surface area contributed by atoms with Gasteiger partial charge in [-0.2, -0.15) is 5.10 Å². The SMILES string of the molecule is CC1(N)CCN(c2cnc3cnn(C(c4ccccc4)(c4ccccc4)c4ccccc4)c3c2)CC1. The van der Waals surface area contributed by atoms with Crippen molar-refractivity contribution in [3.05, 3.63) is 126 Å². The molecule has 1 aliphatic rings. The van der Waals surface area contributed by atoms with Crippen molar-refractivity contribution in [2.75, 3.05) is 18.0 Å². The molecule has 0 unspecified atom stereocenters. The standard InChI is InChI=1S/C31H31N5/c1-30(32)17-19-35(20-18-30)27-21-29-28(33-22-27)23-34-36(29)31(24-11-5-2-6-12-24,25-13-7-3-8-14-25)26-15-9-4-10-16-26/h2-16,21-23H,17-20,32H2,1H3. The zero-order valence-corrected chi connectivity index (χ0v) is 20.6. The predicted molar refractivity (Wildman–Crippen MR) is 146 cm³/mol. The molecule has 0 radical (unpaired) electrons. The number of benzene rings is 3. The first-order valence-electron chi connectivity index (χ1n) is 12.6. The lowest BCUT2D eigenvalue weighted by Crippen LogP contribution is -2.48. The van der Waals surface area contributed by atoms with Crippen molar-refractivity contribution in [3.63, 3.8) is 0 Å². The summed E-state index contributed by atoms with van der Waals surface area (Å²) in [6.45, 7) is 4.00. The summed E-state index contributed by atoms with van der Waals surface area (Å²) >= 11 is 0. The molecule has 2 N–H and O–H groups in total. The van der Waals surface area contributed by atoms with Crippen LogP contribution >= 0.6 is 0 Å². The third-order valence-electron chi connectivity index (χ3n) is 7.57. The molecule has 0 atom stereocenters. The quantitative estimate of drug-likeness (QED) is 0.338. The summed E-state index contributed by atoms with van der Waals surface area (Å²) in [5.41, 5.74) is 12.1. The molecule has 36 heavy (non-hydrogen) atoms. The molecule has 0 bridgehead atoms. The monoisotopic (exact) mass is 473 g/mol. The van der Waals surface area contributed by atoms with Crippen molar-refractivity contribution in [2.24, 2.45) is 5.73 Å². The van der Waals surface area contributed by atoms with Gasteiger partial charge in [0.1, 0.15) is 11.1 Å². The normalized spacial score (nSPS) is 15.8. The van der Waals surface area contributed by atoms with Crippen LogP contribution in [0.25, 0.3) is 11.0 Å². The van der Waals surface area contributed by atoms with E-state index in [-0.39, 0.29) is 5.54 Å². The second-order valence-electron chi connectivity index (χ2n) is 10.1. The van der Waals surface area contributed by atoms with E-state index >= 15 is 0 Å². The van der Waals surface area contributed by atoms with Crippen molar-refractivity contribution in [1.29, 1.82) is 0 Å². The minimum absolute atomic E-state index is 0.0983. The number of nitrogens with zero attached hydrogens (tertiary/aromatic N) is 4. The maximum atomic E-state index is 6.41. The molecular formula is C31H31N5. The Morgan fingerprint density at radius 1 is 0.750 bits per heavy atom. The molecule has 180 valence electrons. The van der Waals surface area contributed by atoms with Crippen LogP contribution in [-0.2, 0) is 5.54 Å². The van der Waals surface area contributed by atoms with Crippen LogP contribution < -0.4 is 10.6 Å². The number of rotatable bonds is 5. The fourth-order valence-corrected chi connectivity index (χ4v) is 5.52. The molecule has 0 aliphatic carbocycles. The predicted octanol–water partition coefficient (Wildman–Crippen LogP) is 5.59. The minimum Gasteiger partial charge on any atom is -0.370 e. The first-order valence-corrected chi connectivity index (χ1v) is 12.6. The Hall–Kier alpha value is -3.96. The molecule has 5 nitrogen and oxygen atoms in total. The van der Waals surface area contributed by atoms with Crippen LogP contribution in [0.3, 0.4) is 0 Å². The van der Waals surface area contributed by atoms with E-state index in [1.54, 1.807) is 0 Å². The summed E-state index contributed by atoms with van der Waals surface area (Å²) in [6, 6.07) is 34.2. The molecule has 0 amide bonds. The molecule has 0 saturated carbocycles. The zero-order valence-electron chi connectivity index (χ0n) is 20.6. The number of hydrogen-bond acceptors (Lipinski definition) is 4. The molecule has 6 rings (SSSR count). The molecule has 1 fully saturated rings. The summed E-state index contributed by atoms with van der Waals surface area (Å²) in [7, 11) is 0. The second-order valence-corrected chi connectivity index (χ2v) is 10.1. The van der Waals surface area contributed by atoms with Gasteiger partial charge in [0.2, 0.25) is 0 Å². The van der Waals surface area contributed by atoms with Crippen LogP contribution in [0, 0.1) is 0 Å². The Kier molecular flexibility index (Phi) is 5.57. The lowest BCUT2D eigenvalue weighted by Gasteiger charge is -2.38. The summed E-state index contributed by atoms with van der Waals surface area (Å²) in [4.78, 5) is 7.25. The van der Waals surface area contributed by atoms with Gasteiger partial charge in [0, 0.05) is 18.6 Å². The van der Waals surface area contributed by atoms with Gasteiger partial charge in [-0.15, -0.1) is 0 Å². The van der Waals surface area contributed by atoms with Gasteiger partial charge >= 0.3 is 0 Å². The van der Waals surface area contributed by atoms with Gasteiger partial charge in [-0.25, -0.2) is 4.68 Å². The highest BCUT2D eigenvalue weighted by Crippen LogP contribution is 2.42. The van der Waals surface area contributed by atoms with Crippen molar-refractivity contribution >= 4 is 16.7 Å². The lowest BCUT2D eigenvalue weighted by atomic mass is 9.77. The summed E-state index contributed by atoms with van der Waals surface area (Å²) < 4.78 is 2.16. The number of pyridine rings is 1. The van der Waals surface area contributed by atoms with Gasteiger partial charge in [0.25, 0.3) is 0 Å². The largest absolute Gasteiger partial charge is 0.370 e. The fourth-order valence-electron chi connectivity index (χ4n) is 5.52. The molecule has 1 saturated heterocycles. The Labute approximate surface area is 212 Å². The Morgan fingerprint density at radius 3 is 1.75 bits per heavy atom. The van der Waals surface area contributed by atoms with Gasteiger partial charge in [0.15, 0.2) is 0 Å². The number of aromatic nitrogens is 3. The summed E-state index contributed by atoms with van der Waals surface area (Å²) in [6.07, 6.45) is 5.79. The van der Waals surface area contributed by atoms with Crippen molar-refractivity contribution < 1.29 is 0 Å². The molecule has 3 aromatic carbocycles. The van der Waals surface area contributed by atoms with Gasteiger partial charge in [-0.05, 0) is 42.5 Å². The van der Waals surface area contributed by atoms with Crippen molar-refractivity contribution in [3.8, 4) is 0 Å². The van der Waals surface area contributed by atoms with Gasteiger partial charge < -0.3 is 10.6 Å². The Balaban J connectivity index is 1.61. The average molecular weight is 474 g/mol. The van der Waals surface area contributed by atoms with E-state index in [9.17, 15) is 0 Å². The number of anilines is 1. The Morgan fingerprint density at radius 2 is 1.25 bits per heavy atom. The summed E-state index contributed by atoms with van der Waals surface area (Å²) in [5, 5.41) is 5.02. The van der Waals surface area contributed by atoms with E-state index in [0.717, 1.165) is 59.3 Å². The van der Waals surface area contributed by atoms with Crippen LogP contribution in [0.5, 0.6) is 0 Å². The Bertz CT molecular complexity index is 1350. The van der Waals surface area contributed by atoms with Gasteiger partial charge in [-0.1, -0.05) is 91.0 Å². The second kappa shape index (κ2) is 8.92. The van der Waals surface area contributed by atoms with E-state index in [1.807, 2.05) is 12.4 Å². The number of fused-ring (bicyclic) bond motifs is 1. The highest BCUT2D eigenvalue weighted by molar-refractivity contribution is 5.79. The molecule has 3 heterocycles. The number of nitrogens with two attached hydrogens (primary N) is 1. The summed E-state index contributed by atoms with van der Waals surface area (Å²) in [5.74, 6) is 0. The molecule has 0 spiro atoms. The average Bonchev–Trinajstić information content (AvgIpc) is 3.35. The number of piperidine rings is 1. The third-order valence-corrected chi connectivity index (χ3v) is 7.57. The smallest absolute Gasteiger partial charge is 0.138 e. The van der Waals surface area contributed by atoms with E-state index in [1.165, 1.54) is 0 Å². The molecule has 5 aromatic rings. The molecule has 1 aliphatic heterocycles. The van der Waals surface area contributed by atoms with Gasteiger partial charge in [-0.3, -0.25) is 4.98 Å². The van der Waals surface area contributed by atoms with Gasteiger partial charge in [0.05, 0.1) is 23.6 Å². The van der Waals surface area contributed by atoms with E-state index in [0.29, 0.717) is 0 Å². The van der Waals surface area contributed by atoms with Crippen molar-refractivity contribution in [2.45, 2.75) is 30.8 Å². The minimum atomic E-state index is -0.663. The van der Waals surface area contributed by atoms with Crippen molar-refractivity contribution in [1.82, 2.24) is 14.8 Å². The maximum absolute atomic E-state index is 6.41. The highest BCUT2D eigenvalue weighted by atomic mass is 15.3. The van der Waals surface area contributed by atoms with Crippen LogP contribution in [0.15, 0.2) is 109 Å². The fraction of sp³-hybridized carbons (Fsp3) is 0.226. The maximum Gasteiger partial charge on any atom is 0.138 e. The van der Waals surface area contributed by atoms with E-state index in [2.05, 4.69) is 114 Å². The van der Waals surface area contributed by atoms with Crippen LogP contribution in [0.2, 0.25) is 0 Å². The topological polar surface area (TPSA) is 60.0 Å². The van der Waals surface area contributed by atoms with Crippen LogP contribution in [-0.4, -0.2) is 33.4 Å². The van der Waals surface area contributed by atoms with Crippen LogP contribution in [0.4, 0.5) is 5.69 Å². The van der Waals surface area contributed by atoms with Crippen LogP contribution in [0.1, 0.15) is 36.5 Å². The first-order chi connectivity index (χ1) is 17.6. The zero-order chi connectivity index (χ0) is 24.6. The van der Waals surface area contributed by atoms with E-state index in [4.69, 9.17) is 15.8 Å². The molecule has 5 heteroatoms. The van der Waals surface area contributed by atoms with E-state index < -0.39 is 5.54 Å². The first kappa shape index (κ1) is 22.5. The highest BCUT2D eigenvalue weighted by Gasteiger charge is 2.40. The third kappa shape index (κ3) is 3.76.